The lowest BCUT2D eigenvalue weighted by atomic mass is 10.1. The molecule has 3 rings (SSSR count). The maximum atomic E-state index is 13.6. The van der Waals surface area contributed by atoms with Crippen molar-refractivity contribution in [2.24, 2.45) is 4.99 Å². The number of halogens is 1. The Bertz CT molecular complexity index is 807. The first-order valence-electron chi connectivity index (χ1n) is 8.08. The van der Waals surface area contributed by atoms with Crippen molar-refractivity contribution in [3.05, 3.63) is 76.7 Å². The van der Waals surface area contributed by atoms with Crippen molar-refractivity contribution in [2.45, 2.75) is 26.2 Å². The maximum absolute atomic E-state index is 13.6. The smallest absolute Gasteiger partial charge is 0.275 e. The van der Waals surface area contributed by atoms with Crippen molar-refractivity contribution < 1.29 is 9.18 Å². The van der Waals surface area contributed by atoms with Crippen molar-refractivity contribution in [3.8, 4) is 0 Å². The molecular weight excluding hydrogens is 303 g/mol. The summed E-state index contributed by atoms with van der Waals surface area (Å²) in [6, 6.07) is 14.7. The Morgan fingerprint density at radius 2 is 1.83 bits per heavy atom. The van der Waals surface area contributed by atoms with Crippen LogP contribution in [0.25, 0.3) is 6.08 Å². The predicted molar refractivity (Wildman–Crippen MR) is 94.1 cm³/mol. The average molecular weight is 322 g/mol. The van der Waals surface area contributed by atoms with Crippen LogP contribution in [0.15, 0.2) is 59.2 Å². The predicted octanol–water partition coefficient (Wildman–Crippen LogP) is 3.89. The van der Waals surface area contributed by atoms with Gasteiger partial charge in [0.25, 0.3) is 5.91 Å². The molecule has 24 heavy (non-hydrogen) atoms. The van der Waals surface area contributed by atoms with Gasteiger partial charge in [-0.2, -0.15) is 0 Å². The zero-order chi connectivity index (χ0) is 16.9. The van der Waals surface area contributed by atoms with Crippen LogP contribution in [-0.4, -0.2) is 11.7 Å². The van der Waals surface area contributed by atoms with Gasteiger partial charge in [-0.05, 0) is 41.7 Å². The van der Waals surface area contributed by atoms with E-state index >= 15 is 0 Å². The highest BCUT2D eigenvalue weighted by Gasteiger charge is 2.19. The van der Waals surface area contributed by atoms with Crippen LogP contribution in [0.5, 0.6) is 0 Å². The van der Waals surface area contributed by atoms with Crippen LogP contribution in [0.1, 0.15) is 30.0 Å². The molecule has 0 aromatic heterocycles. The maximum Gasteiger partial charge on any atom is 0.275 e. The third-order valence-electron chi connectivity index (χ3n) is 4.03. The quantitative estimate of drug-likeness (QED) is 0.834. The number of amidine groups is 1. The molecule has 0 saturated heterocycles. The fourth-order valence-electron chi connectivity index (χ4n) is 2.60. The molecule has 0 saturated carbocycles. The Morgan fingerprint density at radius 1 is 1.08 bits per heavy atom. The molecule has 1 aliphatic rings. The first-order chi connectivity index (χ1) is 11.7. The number of carbonyl (C=O) groups excluding carboxylic acids is 1. The van der Waals surface area contributed by atoms with Crippen molar-refractivity contribution >= 4 is 17.8 Å². The SMILES string of the molecule is CCc1ccc(/C=C2/N=C(CCc3ccccc3F)NC2=O)cc1. The summed E-state index contributed by atoms with van der Waals surface area (Å²) in [6.07, 6.45) is 3.75. The highest BCUT2D eigenvalue weighted by atomic mass is 19.1. The first kappa shape index (κ1) is 16.1. The minimum absolute atomic E-state index is 0.210. The van der Waals surface area contributed by atoms with Gasteiger partial charge < -0.3 is 5.32 Å². The number of carbonyl (C=O) groups is 1. The van der Waals surface area contributed by atoms with Crippen molar-refractivity contribution in [1.82, 2.24) is 5.32 Å². The number of amides is 1. The average Bonchev–Trinajstić information content (AvgIpc) is 2.94. The van der Waals surface area contributed by atoms with Crippen LogP contribution < -0.4 is 5.32 Å². The molecule has 0 unspecified atom stereocenters. The van der Waals surface area contributed by atoms with Gasteiger partial charge in [-0.25, -0.2) is 9.38 Å². The van der Waals surface area contributed by atoms with E-state index in [1.54, 1.807) is 24.3 Å². The van der Waals surface area contributed by atoms with Crippen LogP contribution in [0.3, 0.4) is 0 Å². The van der Waals surface area contributed by atoms with Crippen molar-refractivity contribution in [2.75, 3.05) is 0 Å². The third kappa shape index (κ3) is 3.77. The number of hydrogen-bond acceptors (Lipinski definition) is 2. The van der Waals surface area contributed by atoms with Gasteiger partial charge in [0.15, 0.2) is 0 Å². The number of aliphatic imine (C=N–C) groups is 1. The van der Waals surface area contributed by atoms with Gasteiger partial charge in [0.2, 0.25) is 0 Å². The fourth-order valence-corrected chi connectivity index (χ4v) is 2.60. The summed E-state index contributed by atoms with van der Waals surface area (Å²) < 4.78 is 13.6. The fraction of sp³-hybridized carbons (Fsp3) is 0.200. The number of hydrogen-bond donors (Lipinski definition) is 1. The van der Waals surface area contributed by atoms with E-state index in [2.05, 4.69) is 17.2 Å². The van der Waals surface area contributed by atoms with E-state index in [-0.39, 0.29) is 11.7 Å². The zero-order valence-electron chi connectivity index (χ0n) is 13.6. The molecule has 0 radical (unpaired) electrons. The highest BCUT2D eigenvalue weighted by Crippen LogP contribution is 2.16. The van der Waals surface area contributed by atoms with E-state index in [0.717, 1.165) is 12.0 Å². The van der Waals surface area contributed by atoms with Gasteiger partial charge in [0, 0.05) is 6.42 Å². The number of rotatable bonds is 5. The van der Waals surface area contributed by atoms with Gasteiger partial charge in [0.05, 0.1) is 0 Å². The molecule has 2 aromatic carbocycles. The zero-order valence-corrected chi connectivity index (χ0v) is 13.6. The molecule has 0 spiro atoms. The summed E-state index contributed by atoms with van der Waals surface area (Å²) in [4.78, 5) is 16.4. The van der Waals surface area contributed by atoms with Crippen LogP contribution >= 0.6 is 0 Å². The van der Waals surface area contributed by atoms with Crippen LogP contribution in [-0.2, 0) is 17.6 Å². The monoisotopic (exact) mass is 322 g/mol. The summed E-state index contributed by atoms with van der Waals surface area (Å²) in [7, 11) is 0. The van der Waals surface area contributed by atoms with E-state index in [1.807, 2.05) is 24.3 Å². The number of aryl methyl sites for hydroxylation is 2. The summed E-state index contributed by atoms with van der Waals surface area (Å²) in [6.45, 7) is 2.10. The molecule has 0 bridgehead atoms. The van der Waals surface area contributed by atoms with E-state index in [4.69, 9.17) is 0 Å². The van der Waals surface area contributed by atoms with Gasteiger partial charge >= 0.3 is 0 Å². The second-order valence-electron chi connectivity index (χ2n) is 5.73. The van der Waals surface area contributed by atoms with Gasteiger partial charge in [-0.15, -0.1) is 0 Å². The van der Waals surface area contributed by atoms with E-state index < -0.39 is 0 Å². The highest BCUT2D eigenvalue weighted by molar-refractivity contribution is 6.14. The Kier molecular flexibility index (Phi) is 4.85. The molecule has 122 valence electrons. The molecule has 1 N–H and O–H groups in total. The summed E-state index contributed by atoms with van der Waals surface area (Å²) in [5.74, 6) is 0.145. The van der Waals surface area contributed by atoms with Gasteiger partial charge in [-0.3, -0.25) is 4.79 Å². The second-order valence-corrected chi connectivity index (χ2v) is 5.73. The standard InChI is InChI=1S/C20H19FN2O/c1-2-14-7-9-15(10-8-14)13-18-20(24)23-19(22-18)12-11-16-5-3-4-6-17(16)21/h3-10,13H,2,11-12H2,1H3,(H,22,23,24)/b18-13+. The second kappa shape index (κ2) is 7.21. The summed E-state index contributed by atoms with van der Waals surface area (Å²) in [5.41, 5.74) is 3.21. The normalized spacial score (nSPS) is 15.5. The van der Waals surface area contributed by atoms with E-state index in [1.165, 1.54) is 11.6 Å². The topological polar surface area (TPSA) is 41.5 Å². The number of nitrogens with one attached hydrogen (secondary N) is 1. The Labute approximate surface area is 140 Å². The van der Waals surface area contributed by atoms with Crippen LogP contribution in [0, 0.1) is 5.82 Å². The molecule has 4 heteroatoms. The summed E-state index contributed by atoms with van der Waals surface area (Å²) in [5, 5.41) is 2.76. The minimum atomic E-state index is -0.228. The molecule has 0 atom stereocenters. The van der Waals surface area contributed by atoms with Gasteiger partial charge in [-0.1, -0.05) is 49.4 Å². The third-order valence-corrected chi connectivity index (χ3v) is 4.03. The lowest BCUT2D eigenvalue weighted by Crippen LogP contribution is -2.24. The lowest BCUT2D eigenvalue weighted by molar-refractivity contribution is -0.115. The molecular formula is C20H19FN2O. The number of benzene rings is 2. The molecule has 0 fully saturated rings. The Hall–Kier alpha value is -2.75. The Balaban J connectivity index is 1.70. The van der Waals surface area contributed by atoms with E-state index in [9.17, 15) is 9.18 Å². The van der Waals surface area contributed by atoms with Gasteiger partial charge in [0.1, 0.15) is 17.3 Å². The van der Waals surface area contributed by atoms with E-state index in [0.29, 0.717) is 29.9 Å². The first-order valence-corrected chi connectivity index (χ1v) is 8.08. The van der Waals surface area contributed by atoms with Crippen LogP contribution in [0.2, 0.25) is 0 Å². The molecule has 1 heterocycles. The minimum Gasteiger partial charge on any atom is -0.309 e. The summed E-state index contributed by atoms with van der Waals surface area (Å²) >= 11 is 0. The molecule has 2 aromatic rings. The lowest BCUT2D eigenvalue weighted by Gasteiger charge is -2.02. The van der Waals surface area contributed by atoms with Crippen molar-refractivity contribution in [1.29, 1.82) is 0 Å². The molecule has 1 amide bonds. The molecule has 0 aliphatic carbocycles. The molecule has 1 aliphatic heterocycles. The Morgan fingerprint density at radius 3 is 2.54 bits per heavy atom. The van der Waals surface area contributed by atoms with Crippen LogP contribution in [0.4, 0.5) is 4.39 Å². The van der Waals surface area contributed by atoms with Crippen molar-refractivity contribution in [3.63, 3.8) is 0 Å². The molecule has 3 nitrogen and oxygen atoms in total. The largest absolute Gasteiger partial charge is 0.309 e. The number of nitrogens with zero attached hydrogens (tertiary/aromatic N) is 1.